The maximum absolute atomic E-state index is 2.71. The van der Waals surface area contributed by atoms with Gasteiger partial charge in [-0.25, -0.2) is 0 Å². The average Bonchev–Trinajstić information content (AvgIpc) is 3.32. The molecule has 0 aromatic heterocycles. The molecule has 0 nitrogen and oxygen atoms in total. The van der Waals surface area contributed by atoms with E-state index in [1.54, 1.807) is 34.5 Å². The molecule has 252 valence electrons. The fourth-order valence-corrected chi connectivity index (χ4v) is 13.2. The summed E-state index contributed by atoms with van der Waals surface area (Å²) in [6.07, 6.45) is 19.2. The molecule has 0 spiro atoms. The van der Waals surface area contributed by atoms with E-state index in [0.717, 1.165) is 59.2 Å². The molecular weight excluding hydrogens is 607 g/mol. The Morgan fingerprint density at radius 2 is 1.34 bits per heavy atom. The van der Waals surface area contributed by atoms with Crippen LogP contribution in [0.25, 0.3) is 0 Å². The Morgan fingerprint density at radius 3 is 1.80 bits per heavy atom. The van der Waals surface area contributed by atoms with Gasteiger partial charge in [0.1, 0.15) is 0 Å². The van der Waals surface area contributed by atoms with E-state index in [2.05, 4.69) is 74.2 Å². The number of alkyl halides is 3. The van der Waals surface area contributed by atoms with Crippen molar-refractivity contribution in [3.8, 4) is 0 Å². The maximum atomic E-state index is 2.71. The van der Waals surface area contributed by atoms with Crippen LogP contribution in [0.4, 0.5) is 0 Å². The van der Waals surface area contributed by atoms with E-state index in [1.807, 2.05) is 27.7 Å². The molecule has 3 fully saturated rings. The number of hydrogen-bond donors (Lipinski definition) is 0. The fourth-order valence-electron chi connectivity index (χ4n) is 7.85. The Labute approximate surface area is 271 Å². The van der Waals surface area contributed by atoms with Crippen LogP contribution in [0.1, 0.15) is 180 Å². The second-order valence-corrected chi connectivity index (χ2v) is 20.4. The first-order valence-electron chi connectivity index (χ1n) is 19.1. The maximum Gasteiger partial charge on any atom is -0.0446 e. The van der Waals surface area contributed by atoms with Crippen molar-refractivity contribution in [2.75, 3.05) is 13.8 Å². The van der Waals surface area contributed by atoms with E-state index < -0.39 is 19.8 Å². The Kier molecular flexibility index (Phi) is 29.0. The Hall–Kier alpha value is 0.730. The molecule has 1 heterocycles. The molecule has 0 aromatic carbocycles. The van der Waals surface area contributed by atoms with Crippen molar-refractivity contribution < 1.29 is 0 Å². The number of rotatable bonds is 9. The predicted octanol–water partition coefficient (Wildman–Crippen LogP) is 14.6. The van der Waals surface area contributed by atoms with Crippen LogP contribution in [-0.4, -0.2) is 13.8 Å². The van der Waals surface area contributed by atoms with Crippen molar-refractivity contribution in [3.63, 3.8) is 0 Å². The third-order valence-electron chi connectivity index (χ3n) is 10.9. The molecule has 1 heteroatoms. The topological polar surface area (TPSA) is 0 Å². The van der Waals surface area contributed by atoms with Gasteiger partial charge in [-0.1, -0.05) is 88.0 Å². The quantitative estimate of drug-likeness (QED) is 0.167. The Balaban J connectivity index is 0. The normalized spacial score (nSPS) is 28.0. The van der Waals surface area contributed by atoms with Crippen molar-refractivity contribution in [1.29, 1.82) is 0 Å². The van der Waals surface area contributed by atoms with Crippen LogP contribution >= 0.6 is 19.8 Å². The van der Waals surface area contributed by atoms with E-state index in [0.29, 0.717) is 0 Å². The molecule has 0 radical (unpaired) electrons. The fraction of sp³-hybridized carbons (Fsp3) is 1.00. The van der Waals surface area contributed by atoms with Crippen LogP contribution in [-0.2, 0) is 0 Å². The molecule has 8 atom stereocenters. The zero-order valence-electron chi connectivity index (χ0n) is 31.8. The molecule has 0 aromatic rings. The number of halogens is 1. The number of hydrogen-bond acceptors (Lipinski definition) is 0. The molecule has 1 saturated heterocycles. The zero-order valence-corrected chi connectivity index (χ0v) is 33.9. The van der Waals surface area contributed by atoms with Crippen molar-refractivity contribution in [3.05, 3.63) is 0 Å². The molecular formula is C40H85I. The van der Waals surface area contributed by atoms with E-state index in [4.69, 9.17) is 0 Å². The minimum atomic E-state index is -0.636. The van der Waals surface area contributed by atoms with Crippen molar-refractivity contribution in [2.45, 2.75) is 180 Å². The van der Waals surface area contributed by atoms with Crippen LogP contribution in [0.5, 0.6) is 0 Å². The van der Waals surface area contributed by atoms with E-state index in [-0.39, 0.29) is 0 Å². The van der Waals surface area contributed by atoms with Crippen LogP contribution in [0.2, 0.25) is 0 Å². The van der Waals surface area contributed by atoms with Crippen molar-refractivity contribution in [1.82, 2.24) is 0 Å². The van der Waals surface area contributed by atoms with Gasteiger partial charge < -0.3 is 0 Å². The molecule has 41 heavy (non-hydrogen) atoms. The molecule has 2 bridgehead atoms. The van der Waals surface area contributed by atoms with Crippen LogP contribution in [0, 0.1) is 59.2 Å². The van der Waals surface area contributed by atoms with E-state index >= 15 is 0 Å². The van der Waals surface area contributed by atoms with Gasteiger partial charge in [0.15, 0.2) is 0 Å². The summed E-state index contributed by atoms with van der Waals surface area (Å²) in [6.45, 7) is 32.0. The molecule has 0 N–H and O–H groups in total. The number of fused-ring (bicyclic) bond motifs is 2. The van der Waals surface area contributed by atoms with Gasteiger partial charge in [-0.3, -0.25) is 0 Å². The van der Waals surface area contributed by atoms with Crippen molar-refractivity contribution in [2.24, 2.45) is 59.2 Å². The van der Waals surface area contributed by atoms with Crippen molar-refractivity contribution >= 4 is 19.8 Å². The van der Waals surface area contributed by atoms with Gasteiger partial charge in [-0.05, 0) is 5.92 Å². The van der Waals surface area contributed by atoms with E-state index in [9.17, 15) is 0 Å². The summed E-state index contributed by atoms with van der Waals surface area (Å²) in [6, 6.07) is 0. The van der Waals surface area contributed by atoms with Crippen LogP contribution in [0.3, 0.4) is 0 Å². The Bertz CT molecular complexity index is 535. The largest absolute Gasteiger partial charge is 0.0656 e. The summed E-state index contributed by atoms with van der Waals surface area (Å²) in [4.78, 5) is 2.71. The molecule has 2 aliphatic carbocycles. The molecule has 1 aliphatic heterocycles. The summed E-state index contributed by atoms with van der Waals surface area (Å²) in [5.41, 5.74) is 0. The van der Waals surface area contributed by atoms with Gasteiger partial charge in [-0.2, -0.15) is 0 Å². The second kappa shape index (κ2) is 27.1. The summed E-state index contributed by atoms with van der Waals surface area (Å²) in [5, 5.41) is 0. The third-order valence-corrected chi connectivity index (χ3v) is 16.0. The first-order valence-corrected chi connectivity index (χ1v) is 24.3. The average molecular weight is 693 g/mol. The summed E-state index contributed by atoms with van der Waals surface area (Å²) in [5.74, 6) is 9.97. The van der Waals surface area contributed by atoms with Gasteiger partial charge in [0.25, 0.3) is 0 Å². The minimum Gasteiger partial charge on any atom is -0.0656 e. The summed E-state index contributed by atoms with van der Waals surface area (Å²) in [7, 11) is 0. The van der Waals surface area contributed by atoms with Gasteiger partial charge in [0.2, 0.25) is 0 Å². The second-order valence-electron chi connectivity index (χ2n) is 14.3. The molecule has 2 saturated carbocycles. The monoisotopic (exact) mass is 693 g/mol. The Morgan fingerprint density at radius 1 is 0.780 bits per heavy atom. The smallest absolute Gasteiger partial charge is 0.0446 e. The standard InChI is InChI=1S/C26H49I.C7H16.C3H8.2C2H6/c1-18(2)20(4)24(15-19(3)22-11-8-7-9-12-22)25-16-23-13-10-14-27(6)17-26(25)21(23)5;1-4-6-7(3)5-2;1-3-2;2*1-2/h18-26H,7-17H2,1-6H3;7H,4-6H2,1-3H3;3H2,1-2H3;2*1-2H3. The van der Waals surface area contributed by atoms with Gasteiger partial charge in [0.05, 0.1) is 0 Å². The van der Waals surface area contributed by atoms with E-state index in [1.165, 1.54) is 57.8 Å². The SMILES string of the molecule is CC.CC.CC(C)C(C)C(CC(C)C1CCCCC1)C1CC2CCCI(C)CC1C2C.CCC.CCCC(C)CC. The van der Waals surface area contributed by atoms with Crippen LogP contribution in [0.15, 0.2) is 0 Å². The zero-order chi connectivity index (χ0) is 32.0. The molecule has 8 unspecified atom stereocenters. The predicted molar refractivity (Wildman–Crippen MR) is 204 cm³/mol. The molecule has 3 rings (SSSR count). The summed E-state index contributed by atoms with van der Waals surface area (Å²) >= 11 is -0.636. The minimum absolute atomic E-state index is 0.636. The molecule has 0 amide bonds. The van der Waals surface area contributed by atoms with Crippen LogP contribution < -0.4 is 0 Å². The first kappa shape index (κ1) is 43.9. The first-order chi connectivity index (χ1) is 19.6. The van der Waals surface area contributed by atoms with Gasteiger partial charge in [0, 0.05) is 0 Å². The summed E-state index contributed by atoms with van der Waals surface area (Å²) < 4.78 is 3.34. The molecule has 3 aliphatic rings. The van der Waals surface area contributed by atoms with Gasteiger partial charge in [-0.15, -0.1) is 0 Å². The van der Waals surface area contributed by atoms with Gasteiger partial charge >= 0.3 is 179 Å². The third kappa shape index (κ3) is 17.1.